The lowest BCUT2D eigenvalue weighted by Gasteiger charge is -2.22. The minimum Gasteiger partial charge on any atom is -0.381 e. The number of hydrogen-bond acceptors (Lipinski definition) is 4. The minimum atomic E-state index is 0.515. The Labute approximate surface area is 123 Å². The Kier molecular flexibility index (Phi) is 3.87. The van der Waals surface area contributed by atoms with Crippen molar-refractivity contribution in [2.75, 3.05) is 5.32 Å². The summed E-state index contributed by atoms with van der Waals surface area (Å²) in [6.07, 6.45) is 6.60. The van der Waals surface area contributed by atoms with Crippen molar-refractivity contribution in [3.63, 3.8) is 0 Å². The molecule has 2 aromatic rings. The molecule has 1 N–H and O–H groups in total. The highest BCUT2D eigenvalue weighted by Gasteiger charge is 2.26. The Morgan fingerprint density at radius 3 is 3.05 bits per heavy atom. The van der Waals surface area contributed by atoms with Crippen molar-refractivity contribution in [1.82, 2.24) is 20.2 Å². The molecule has 0 spiro atoms. The van der Waals surface area contributed by atoms with Gasteiger partial charge in [0.05, 0.1) is 16.4 Å². The predicted octanol–water partition coefficient (Wildman–Crippen LogP) is 3.31. The van der Waals surface area contributed by atoms with Crippen LogP contribution in [0, 0.1) is 5.92 Å². The first-order valence-electron chi connectivity index (χ1n) is 7.07. The molecule has 0 aliphatic heterocycles. The third-order valence-corrected chi connectivity index (χ3v) is 4.42. The number of benzene rings is 1. The lowest BCUT2D eigenvalue weighted by atomic mass is 10.0. The Hall–Kier alpha value is -1.62. The number of nitrogens with zero attached hydrogens (tertiary/aromatic N) is 4. The fraction of sp³-hybridized carbons (Fsp3) is 0.500. The van der Waals surface area contributed by atoms with Crippen LogP contribution >= 0.6 is 11.6 Å². The molecular formula is C14H18ClN5. The summed E-state index contributed by atoms with van der Waals surface area (Å²) >= 11 is 6.30. The van der Waals surface area contributed by atoms with Crippen molar-refractivity contribution in [3.05, 3.63) is 29.5 Å². The molecule has 2 unspecified atom stereocenters. The third kappa shape index (κ3) is 2.63. The smallest absolute Gasteiger partial charge is 0.143 e. The number of halogens is 1. The van der Waals surface area contributed by atoms with Gasteiger partial charge < -0.3 is 5.32 Å². The van der Waals surface area contributed by atoms with Crippen LogP contribution in [-0.4, -0.2) is 26.2 Å². The largest absolute Gasteiger partial charge is 0.381 e. The summed E-state index contributed by atoms with van der Waals surface area (Å²) in [5.74, 6) is 0.739. The molecule has 1 aliphatic rings. The topological polar surface area (TPSA) is 55.6 Å². The lowest BCUT2D eigenvalue weighted by molar-refractivity contribution is 0.489. The van der Waals surface area contributed by atoms with Crippen molar-refractivity contribution < 1.29 is 0 Å². The van der Waals surface area contributed by atoms with Gasteiger partial charge in [-0.2, -0.15) is 0 Å². The Morgan fingerprint density at radius 1 is 1.40 bits per heavy atom. The molecule has 3 rings (SSSR count). The van der Waals surface area contributed by atoms with E-state index in [-0.39, 0.29) is 0 Å². The summed E-state index contributed by atoms with van der Waals surface area (Å²) in [4.78, 5) is 0. The van der Waals surface area contributed by atoms with Gasteiger partial charge in [0.2, 0.25) is 0 Å². The predicted molar refractivity (Wildman–Crippen MR) is 79.2 cm³/mol. The SMILES string of the molecule is CCC1CCCC1Nc1cc(-n2cnnn2)ccc1Cl. The molecule has 1 heterocycles. The van der Waals surface area contributed by atoms with Crippen LogP contribution in [0.25, 0.3) is 5.69 Å². The maximum absolute atomic E-state index is 6.30. The first-order valence-corrected chi connectivity index (χ1v) is 7.45. The molecule has 6 heteroatoms. The second kappa shape index (κ2) is 5.79. The zero-order chi connectivity index (χ0) is 13.9. The van der Waals surface area contributed by atoms with Crippen molar-refractivity contribution in [2.24, 2.45) is 5.92 Å². The van der Waals surface area contributed by atoms with Gasteiger partial charge in [-0.25, -0.2) is 4.68 Å². The van der Waals surface area contributed by atoms with Crippen molar-refractivity contribution in [3.8, 4) is 5.69 Å². The van der Waals surface area contributed by atoms with E-state index in [1.54, 1.807) is 11.0 Å². The maximum Gasteiger partial charge on any atom is 0.143 e. The highest BCUT2D eigenvalue weighted by molar-refractivity contribution is 6.33. The van der Waals surface area contributed by atoms with Gasteiger partial charge in [0.15, 0.2) is 0 Å². The molecule has 1 aromatic heterocycles. The summed E-state index contributed by atoms with van der Waals surface area (Å²) < 4.78 is 1.63. The lowest BCUT2D eigenvalue weighted by Crippen LogP contribution is -2.23. The normalized spacial score (nSPS) is 22.1. The first kappa shape index (κ1) is 13.4. The van der Waals surface area contributed by atoms with Crippen LogP contribution in [0.5, 0.6) is 0 Å². The van der Waals surface area contributed by atoms with E-state index in [1.807, 2.05) is 18.2 Å². The quantitative estimate of drug-likeness (QED) is 0.939. The van der Waals surface area contributed by atoms with Crippen LogP contribution < -0.4 is 5.32 Å². The van der Waals surface area contributed by atoms with Crippen molar-refractivity contribution in [1.29, 1.82) is 0 Å². The van der Waals surface area contributed by atoms with E-state index < -0.39 is 0 Å². The highest BCUT2D eigenvalue weighted by Crippen LogP contribution is 2.33. The molecule has 0 amide bonds. The number of tetrazole rings is 1. The van der Waals surface area contributed by atoms with E-state index in [0.29, 0.717) is 6.04 Å². The first-order chi connectivity index (χ1) is 9.78. The molecule has 106 valence electrons. The highest BCUT2D eigenvalue weighted by atomic mass is 35.5. The standard InChI is InChI=1S/C14H18ClN5/c1-2-10-4-3-5-13(10)17-14-8-11(6-7-12(14)15)20-9-16-18-19-20/h6-10,13,17H,2-5H2,1H3. The van der Waals surface area contributed by atoms with Gasteiger partial charge in [0.25, 0.3) is 0 Å². The second-order valence-electron chi connectivity index (χ2n) is 5.27. The van der Waals surface area contributed by atoms with E-state index in [2.05, 4.69) is 27.8 Å². The maximum atomic E-state index is 6.30. The minimum absolute atomic E-state index is 0.515. The van der Waals surface area contributed by atoms with Crippen LogP contribution in [0.15, 0.2) is 24.5 Å². The fourth-order valence-corrected chi connectivity index (χ4v) is 3.13. The van der Waals surface area contributed by atoms with E-state index in [0.717, 1.165) is 22.3 Å². The van der Waals surface area contributed by atoms with Gasteiger partial charge in [0.1, 0.15) is 6.33 Å². The molecule has 2 atom stereocenters. The summed E-state index contributed by atoms with van der Waals surface area (Å²) in [6, 6.07) is 6.32. The molecule has 5 nitrogen and oxygen atoms in total. The molecule has 0 radical (unpaired) electrons. The van der Waals surface area contributed by atoms with Gasteiger partial charge >= 0.3 is 0 Å². The van der Waals surface area contributed by atoms with Gasteiger partial charge in [-0.3, -0.25) is 0 Å². The van der Waals surface area contributed by atoms with Gasteiger partial charge in [0, 0.05) is 6.04 Å². The number of nitrogens with one attached hydrogen (secondary N) is 1. The molecule has 0 saturated heterocycles. The Bertz CT molecular complexity index is 569. The van der Waals surface area contributed by atoms with E-state index in [9.17, 15) is 0 Å². The molecule has 1 aromatic carbocycles. The molecular weight excluding hydrogens is 274 g/mol. The molecule has 1 aliphatic carbocycles. The molecule has 1 fully saturated rings. The summed E-state index contributed by atoms with van der Waals surface area (Å²) in [5, 5.41) is 15.6. The Balaban J connectivity index is 1.83. The van der Waals surface area contributed by atoms with Crippen molar-refractivity contribution in [2.45, 2.75) is 38.6 Å². The van der Waals surface area contributed by atoms with Gasteiger partial charge in [-0.05, 0) is 47.4 Å². The third-order valence-electron chi connectivity index (χ3n) is 4.09. The van der Waals surface area contributed by atoms with E-state index in [4.69, 9.17) is 11.6 Å². The van der Waals surface area contributed by atoms with E-state index in [1.165, 1.54) is 25.7 Å². The van der Waals surface area contributed by atoms with Crippen LogP contribution in [0.2, 0.25) is 5.02 Å². The number of anilines is 1. The zero-order valence-electron chi connectivity index (χ0n) is 11.5. The average molecular weight is 292 g/mol. The van der Waals surface area contributed by atoms with Gasteiger partial charge in [-0.1, -0.05) is 31.4 Å². The second-order valence-corrected chi connectivity index (χ2v) is 5.68. The summed E-state index contributed by atoms with van der Waals surface area (Å²) in [5.41, 5.74) is 1.87. The van der Waals surface area contributed by atoms with Gasteiger partial charge in [-0.15, -0.1) is 5.10 Å². The average Bonchev–Trinajstić information content (AvgIpc) is 3.12. The van der Waals surface area contributed by atoms with E-state index >= 15 is 0 Å². The summed E-state index contributed by atoms with van der Waals surface area (Å²) in [6.45, 7) is 2.25. The zero-order valence-corrected chi connectivity index (χ0v) is 12.2. The van der Waals surface area contributed by atoms with Crippen LogP contribution in [0.3, 0.4) is 0 Å². The van der Waals surface area contributed by atoms with Crippen LogP contribution in [-0.2, 0) is 0 Å². The number of rotatable bonds is 4. The molecule has 1 saturated carbocycles. The van der Waals surface area contributed by atoms with Crippen LogP contribution in [0.1, 0.15) is 32.6 Å². The summed E-state index contributed by atoms with van der Waals surface area (Å²) in [7, 11) is 0. The number of hydrogen-bond donors (Lipinski definition) is 1. The van der Waals surface area contributed by atoms with Crippen molar-refractivity contribution >= 4 is 17.3 Å². The monoisotopic (exact) mass is 291 g/mol. The Morgan fingerprint density at radius 2 is 2.30 bits per heavy atom. The van der Waals surface area contributed by atoms with Crippen LogP contribution in [0.4, 0.5) is 5.69 Å². The molecule has 20 heavy (non-hydrogen) atoms. The number of aromatic nitrogens is 4. The fourth-order valence-electron chi connectivity index (χ4n) is 2.96. The molecule has 0 bridgehead atoms.